The average Bonchev–Trinajstić information content (AvgIpc) is 2.97. The van der Waals surface area contributed by atoms with Gasteiger partial charge in [0.15, 0.2) is 0 Å². The first-order valence-corrected chi connectivity index (χ1v) is 12.7. The standard InChI is InChI=1S/C23H33NO8S.CH4/c1-22(2,3)31-21(26)24-17(15-16-9-7-6-8-10-16)20(30-23(24,4)5)18-11-12-19(25)29-13-14-33(27,28)32-18;/h6-10,17-18,20H,11-15H2,1-5H3;1H4. The van der Waals surface area contributed by atoms with E-state index in [1.165, 1.54) is 4.90 Å². The molecule has 1 amide bonds. The van der Waals surface area contributed by atoms with Crippen LogP contribution in [0, 0.1) is 0 Å². The summed E-state index contributed by atoms with van der Waals surface area (Å²) < 4.78 is 47.4. The summed E-state index contributed by atoms with van der Waals surface area (Å²) in [6.45, 7) is 8.52. The highest BCUT2D eigenvalue weighted by Crippen LogP contribution is 2.39. The zero-order valence-corrected chi connectivity index (χ0v) is 20.6. The van der Waals surface area contributed by atoms with Gasteiger partial charge in [0.25, 0.3) is 10.1 Å². The van der Waals surface area contributed by atoms with Crippen molar-refractivity contribution < 1.29 is 36.4 Å². The molecule has 2 aliphatic rings. The lowest BCUT2D eigenvalue weighted by molar-refractivity contribution is -0.143. The van der Waals surface area contributed by atoms with Crippen LogP contribution in [0.25, 0.3) is 0 Å². The maximum absolute atomic E-state index is 13.3. The number of nitrogens with zero attached hydrogens (tertiary/aromatic N) is 1. The lowest BCUT2D eigenvalue weighted by Crippen LogP contribution is -2.52. The average molecular weight is 500 g/mol. The quantitative estimate of drug-likeness (QED) is 0.458. The molecule has 0 bridgehead atoms. The highest BCUT2D eigenvalue weighted by molar-refractivity contribution is 7.86. The summed E-state index contributed by atoms with van der Waals surface area (Å²) in [7, 11) is -3.97. The Balaban J connectivity index is 0.00000408. The molecule has 192 valence electrons. The topological polar surface area (TPSA) is 108 Å². The van der Waals surface area contributed by atoms with Crippen molar-refractivity contribution in [3.8, 4) is 0 Å². The summed E-state index contributed by atoms with van der Waals surface area (Å²) in [5.74, 6) is -0.939. The van der Waals surface area contributed by atoms with Crippen molar-refractivity contribution in [1.82, 2.24) is 4.90 Å². The zero-order valence-electron chi connectivity index (χ0n) is 19.8. The van der Waals surface area contributed by atoms with Gasteiger partial charge in [-0.1, -0.05) is 37.8 Å². The SMILES string of the molecule is C.CC(C)(C)OC(=O)N1C(Cc2ccccc2)C(C2CCC(=O)OCCS(=O)(=O)O2)OC1(C)C. The van der Waals surface area contributed by atoms with Gasteiger partial charge in [-0.05, 0) is 53.0 Å². The van der Waals surface area contributed by atoms with Crippen LogP contribution < -0.4 is 0 Å². The molecule has 0 radical (unpaired) electrons. The number of carbonyl (C=O) groups is 2. The van der Waals surface area contributed by atoms with Crippen LogP contribution in [0.5, 0.6) is 0 Å². The van der Waals surface area contributed by atoms with E-state index < -0.39 is 57.5 Å². The number of esters is 1. The van der Waals surface area contributed by atoms with E-state index >= 15 is 0 Å². The molecule has 0 spiro atoms. The predicted octanol–water partition coefficient (Wildman–Crippen LogP) is 3.66. The molecule has 34 heavy (non-hydrogen) atoms. The van der Waals surface area contributed by atoms with Gasteiger partial charge >= 0.3 is 12.1 Å². The molecule has 0 N–H and O–H groups in total. The first kappa shape index (κ1) is 28.1. The summed E-state index contributed by atoms with van der Waals surface area (Å²) >= 11 is 0. The first-order chi connectivity index (χ1) is 15.3. The summed E-state index contributed by atoms with van der Waals surface area (Å²) in [5, 5.41) is 0. The lowest BCUT2D eigenvalue weighted by atomic mass is 9.95. The van der Waals surface area contributed by atoms with Crippen molar-refractivity contribution in [3.63, 3.8) is 0 Å². The third-order valence-corrected chi connectivity index (χ3v) is 6.67. The third kappa shape index (κ3) is 7.16. The molecular formula is C24H37NO8S. The number of cyclic esters (lactones) is 1. The summed E-state index contributed by atoms with van der Waals surface area (Å²) in [6, 6.07) is 8.93. The van der Waals surface area contributed by atoms with Crippen LogP contribution in [0.3, 0.4) is 0 Å². The number of hydrogen-bond acceptors (Lipinski definition) is 8. The number of benzene rings is 1. The number of hydrogen-bond donors (Lipinski definition) is 0. The van der Waals surface area contributed by atoms with E-state index in [0.717, 1.165) is 5.56 Å². The number of ether oxygens (including phenoxy) is 3. The van der Waals surface area contributed by atoms with Gasteiger partial charge in [0.1, 0.15) is 35.9 Å². The molecule has 2 aliphatic heterocycles. The van der Waals surface area contributed by atoms with Crippen molar-refractivity contribution in [3.05, 3.63) is 35.9 Å². The van der Waals surface area contributed by atoms with Gasteiger partial charge in [0, 0.05) is 6.42 Å². The number of amides is 1. The van der Waals surface area contributed by atoms with Crippen LogP contribution in [0.2, 0.25) is 0 Å². The normalized spacial score (nSPS) is 26.9. The van der Waals surface area contributed by atoms with Crippen LogP contribution in [0.4, 0.5) is 4.79 Å². The maximum Gasteiger partial charge on any atom is 0.412 e. The second-order valence-corrected chi connectivity index (χ2v) is 11.5. The molecule has 3 unspecified atom stereocenters. The summed E-state index contributed by atoms with van der Waals surface area (Å²) in [6.07, 6.45) is -1.91. The van der Waals surface area contributed by atoms with E-state index in [4.69, 9.17) is 18.4 Å². The van der Waals surface area contributed by atoms with E-state index in [-0.39, 0.29) is 26.9 Å². The second-order valence-electron chi connectivity index (χ2n) is 9.79. The van der Waals surface area contributed by atoms with Gasteiger partial charge in [0.05, 0.1) is 6.04 Å². The van der Waals surface area contributed by atoms with E-state index in [9.17, 15) is 18.0 Å². The number of rotatable bonds is 3. The molecule has 1 aromatic carbocycles. The van der Waals surface area contributed by atoms with Gasteiger partial charge in [-0.15, -0.1) is 0 Å². The molecule has 1 aromatic rings. The highest BCUT2D eigenvalue weighted by Gasteiger charge is 2.54. The van der Waals surface area contributed by atoms with Gasteiger partial charge in [-0.25, -0.2) is 4.79 Å². The minimum atomic E-state index is -3.97. The Bertz CT molecular complexity index is 955. The Kier molecular flexibility index (Phi) is 8.77. The summed E-state index contributed by atoms with van der Waals surface area (Å²) in [4.78, 5) is 26.8. The molecule has 0 aliphatic carbocycles. The monoisotopic (exact) mass is 499 g/mol. The van der Waals surface area contributed by atoms with Crippen molar-refractivity contribution in [2.45, 2.75) is 90.9 Å². The van der Waals surface area contributed by atoms with E-state index in [1.807, 2.05) is 30.3 Å². The predicted molar refractivity (Wildman–Crippen MR) is 127 cm³/mol. The van der Waals surface area contributed by atoms with Crippen LogP contribution >= 0.6 is 0 Å². The minimum absolute atomic E-state index is 0. The van der Waals surface area contributed by atoms with Crippen LogP contribution in [-0.2, 0) is 39.7 Å². The van der Waals surface area contributed by atoms with Gasteiger partial charge in [0.2, 0.25) is 0 Å². The van der Waals surface area contributed by atoms with Gasteiger partial charge < -0.3 is 14.2 Å². The molecule has 2 fully saturated rings. The van der Waals surface area contributed by atoms with Crippen LogP contribution in [0.1, 0.15) is 60.5 Å². The van der Waals surface area contributed by atoms with Crippen molar-refractivity contribution in [2.24, 2.45) is 0 Å². The molecule has 9 nitrogen and oxygen atoms in total. The lowest BCUT2D eigenvalue weighted by Gasteiger charge is -2.35. The second kappa shape index (κ2) is 10.6. The summed E-state index contributed by atoms with van der Waals surface area (Å²) in [5.41, 5.74) is -0.893. The molecular weight excluding hydrogens is 462 g/mol. The Hall–Kier alpha value is -2.17. The molecule has 0 saturated carbocycles. The largest absolute Gasteiger partial charge is 0.464 e. The van der Waals surface area contributed by atoms with E-state index in [0.29, 0.717) is 6.42 Å². The Morgan fingerprint density at radius 1 is 1.21 bits per heavy atom. The molecule has 3 atom stereocenters. The van der Waals surface area contributed by atoms with E-state index in [1.54, 1.807) is 34.6 Å². The Morgan fingerprint density at radius 3 is 2.47 bits per heavy atom. The molecule has 0 aromatic heterocycles. The van der Waals surface area contributed by atoms with Gasteiger partial charge in [-0.3, -0.25) is 13.9 Å². The molecule has 3 rings (SSSR count). The fraction of sp³-hybridized carbons (Fsp3) is 0.667. The van der Waals surface area contributed by atoms with Crippen molar-refractivity contribution in [2.75, 3.05) is 12.4 Å². The van der Waals surface area contributed by atoms with E-state index in [2.05, 4.69) is 0 Å². The van der Waals surface area contributed by atoms with Gasteiger partial charge in [-0.2, -0.15) is 8.42 Å². The molecule has 2 saturated heterocycles. The molecule has 2 heterocycles. The first-order valence-electron chi connectivity index (χ1n) is 11.1. The Morgan fingerprint density at radius 2 is 1.85 bits per heavy atom. The van der Waals surface area contributed by atoms with Crippen molar-refractivity contribution in [1.29, 1.82) is 0 Å². The van der Waals surface area contributed by atoms with Crippen LogP contribution in [-0.4, -0.2) is 67.3 Å². The maximum atomic E-state index is 13.3. The fourth-order valence-electron chi connectivity index (χ4n) is 4.16. The smallest absolute Gasteiger partial charge is 0.412 e. The van der Waals surface area contributed by atoms with Crippen molar-refractivity contribution >= 4 is 22.2 Å². The highest BCUT2D eigenvalue weighted by atomic mass is 32.2. The zero-order chi connectivity index (χ0) is 24.4. The minimum Gasteiger partial charge on any atom is -0.464 e. The third-order valence-electron chi connectivity index (χ3n) is 5.46. The Labute approximate surface area is 202 Å². The van der Waals surface area contributed by atoms with Crippen LogP contribution in [0.15, 0.2) is 30.3 Å². The molecule has 10 heteroatoms. The fourth-order valence-corrected chi connectivity index (χ4v) is 5.13. The number of carbonyl (C=O) groups excluding carboxylic acids is 2.